The molecule has 0 saturated carbocycles. The Bertz CT molecular complexity index is 308. The van der Waals surface area contributed by atoms with Gasteiger partial charge in [-0.2, -0.15) is 0 Å². The van der Waals surface area contributed by atoms with Gasteiger partial charge in [0.15, 0.2) is 0 Å². The molecule has 0 saturated heterocycles. The molecular weight excluding hydrogens is 150 g/mol. The van der Waals surface area contributed by atoms with Crippen LogP contribution < -0.4 is 5.73 Å². The van der Waals surface area contributed by atoms with Crippen LogP contribution in [-0.2, 0) is 0 Å². The molecule has 1 heterocycles. The van der Waals surface area contributed by atoms with Crippen LogP contribution in [0.5, 0.6) is 0 Å². The maximum absolute atomic E-state index is 5.57. The summed E-state index contributed by atoms with van der Waals surface area (Å²) in [5.41, 5.74) is 6.23. The minimum atomic E-state index is 0.294. The van der Waals surface area contributed by atoms with E-state index in [9.17, 15) is 0 Å². The van der Waals surface area contributed by atoms with E-state index in [1.165, 1.54) is 0 Å². The van der Waals surface area contributed by atoms with Gasteiger partial charge in [-0.25, -0.2) is 0 Å². The molecule has 12 heavy (non-hydrogen) atoms. The van der Waals surface area contributed by atoms with Crippen molar-refractivity contribution in [1.29, 1.82) is 0 Å². The van der Waals surface area contributed by atoms with Gasteiger partial charge in [0.2, 0.25) is 0 Å². The van der Waals surface area contributed by atoms with Crippen LogP contribution in [0.1, 0.15) is 5.69 Å². The number of pyridine rings is 1. The maximum atomic E-state index is 5.57. The number of hydrogen-bond donors (Lipinski definition) is 1. The van der Waals surface area contributed by atoms with Gasteiger partial charge in [-0.1, -0.05) is 12.0 Å². The van der Waals surface area contributed by atoms with Crippen molar-refractivity contribution in [3.05, 3.63) is 30.1 Å². The fourth-order valence-electron chi connectivity index (χ4n) is 0.726. The van der Waals surface area contributed by atoms with E-state index in [1.807, 2.05) is 12.1 Å². The summed E-state index contributed by atoms with van der Waals surface area (Å²) in [6.45, 7) is 0.294. The van der Waals surface area contributed by atoms with Gasteiger partial charge in [0.1, 0.15) is 18.1 Å². The number of aliphatic imine (C=N–C) groups is 1. The van der Waals surface area contributed by atoms with Crippen molar-refractivity contribution < 1.29 is 0 Å². The predicted octanol–water partition coefficient (Wildman–Crippen LogP) is 0.420. The second-order valence-electron chi connectivity index (χ2n) is 2.12. The Hall–Kier alpha value is -1.82. The van der Waals surface area contributed by atoms with Crippen LogP contribution in [0.15, 0.2) is 29.4 Å². The first-order valence-electron chi connectivity index (χ1n) is 3.49. The van der Waals surface area contributed by atoms with Gasteiger partial charge in [-0.15, -0.1) is 6.42 Å². The summed E-state index contributed by atoms with van der Waals surface area (Å²) in [5, 5.41) is 0. The molecule has 0 aliphatic carbocycles. The number of nitrogens with zero attached hydrogens (tertiary/aromatic N) is 2. The zero-order valence-corrected chi connectivity index (χ0v) is 6.57. The lowest BCUT2D eigenvalue weighted by atomic mass is 10.3. The molecule has 0 amide bonds. The molecule has 0 unspecified atom stereocenters. The number of terminal acetylenes is 1. The van der Waals surface area contributed by atoms with Gasteiger partial charge in [0.05, 0.1) is 0 Å². The van der Waals surface area contributed by atoms with Crippen LogP contribution in [0, 0.1) is 12.3 Å². The molecular formula is C9H9N3. The van der Waals surface area contributed by atoms with E-state index < -0.39 is 0 Å². The van der Waals surface area contributed by atoms with Crippen LogP contribution >= 0.6 is 0 Å². The van der Waals surface area contributed by atoms with E-state index in [1.54, 1.807) is 12.3 Å². The Labute approximate surface area is 71.3 Å². The first-order valence-corrected chi connectivity index (χ1v) is 3.49. The fourth-order valence-corrected chi connectivity index (χ4v) is 0.726. The highest BCUT2D eigenvalue weighted by Gasteiger charge is 1.95. The molecule has 3 nitrogen and oxygen atoms in total. The lowest BCUT2D eigenvalue weighted by Crippen LogP contribution is -2.15. The second kappa shape index (κ2) is 4.14. The fraction of sp³-hybridized carbons (Fsp3) is 0.111. The first-order chi connectivity index (χ1) is 5.84. The smallest absolute Gasteiger partial charge is 0.145 e. The summed E-state index contributed by atoms with van der Waals surface area (Å²) >= 11 is 0. The van der Waals surface area contributed by atoms with E-state index >= 15 is 0 Å². The summed E-state index contributed by atoms with van der Waals surface area (Å²) in [6.07, 6.45) is 6.68. The third kappa shape index (κ3) is 2.10. The molecule has 0 bridgehead atoms. The first kappa shape index (κ1) is 8.28. The molecule has 3 heteroatoms. The zero-order valence-electron chi connectivity index (χ0n) is 6.57. The lowest BCUT2D eigenvalue weighted by Gasteiger charge is -1.96. The summed E-state index contributed by atoms with van der Waals surface area (Å²) in [4.78, 5) is 7.92. The maximum Gasteiger partial charge on any atom is 0.145 e. The standard InChI is InChI=1S/C9H9N3/c1-2-6-12-9(10)8-5-3-4-7-11-8/h1,3-5,7H,6H2,(H2,10,12). The third-order valence-corrected chi connectivity index (χ3v) is 1.27. The lowest BCUT2D eigenvalue weighted by molar-refractivity contribution is 1.22. The molecule has 1 aromatic heterocycles. The Kier molecular flexibility index (Phi) is 2.86. The van der Waals surface area contributed by atoms with Crippen LogP contribution in [0.2, 0.25) is 0 Å². The monoisotopic (exact) mass is 159 g/mol. The highest BCUT2D eigenvalue weighted by Crippen LogP contribution is 1.91. The average molecular weight is 159 g/mol. The van der Waals surface area contributed by atoms with Crippen molar-refractivity contribution in [1.82, 2.24) is 4.98 Å². The Morgan fingerprint density at radius 3 is 3.08 bits per heavy atom. The Morgan fingerprint density at radius 1 is 1.67 bits per heavy atom. The number of rotatable bonds is 2. The molecule has 0 atom stereocenters. The molecule has 0 aliphatic rings. The zero-order chi connectivity index (χ0) is 8.81. The van der Waals surface area contributed by atoms with Crippen LogP contribution in [0.25, 0.3) is 0 Å². The van der Waals surface area contributed by atoms with E-state index in [0.717, 1.165) is 0 Å². The molecule has 0 aromatic carbocycles. The van der Waals surface area contributed by atoms with Crippen molar-refractivity contribution in [3.63, 3.8) is 0 Å². The van der Waals surface area contributed by atoms with Crippen LogP contribution in [0.4, 0.5) is 0 Å². The van der Waals surface area contributed by atoms with Gasteiger partial charge >= 0.3 is 0 Å². The molecule has 1 aromatic rings. The number of hydrogen-bond acceptors (Lipinski definition) is 2. The SMILES string of the molecule is C#CCN=C(N)c1ccccn1. The van der Waals surface area contributed by atoms with Gasteiger partial charge in [0.25, 0.3) is 0 Å². The van der Waals surface area contributed by atoms with Crippen LogP contribution in [-0.4, -0.2) is 17.4 Å². The summed E-state index contributed by atoms with van der Waals surface area (Å²) in [5.74, 6) is 2.76. The predicted molar refractivity (Wildman–Crippen MR) is 48.7 cm³/mol. The molecule has 0 fully saturated rings. The number of nitrogens with two attached hydrogens (primary N) is 1. The van der Waals surface area contributed by atoms with Crippen molar-refractivity contribution in [3.8, 4) is 12.3 Å². The molecule has 2 N–H and O–H groups in total. The molecule has 0 aliphatic heterocycles. The quantitative estimate of drug-likeness (QED) is 0.386. The minimum Gasteiger partial charge on any atom is -0.382 e. The van der Waals surface area contributed by atoms with Gasteiger partial charge in [-0.05, 0) is 12.1 Å². The van der Waals surface area contributed by atoms with Crippen molar-refractivity contribution in [2.45, 2.75) is 0 Å². The van der Waals surface area contributed by atoms with Gasteiger partial charge in [0, 0.05) is 6.20 Å². The normalized spacial score (nSPS) is 10.8. The Balaban J connectivity index is 2.79. The van der Waals surface area contributed by atoms with Gasteiger partial charge < -0.3 is 5.73 Å². The largest absolute Gasteiger partial charge is 0.382 e. The topological polar surface area (TPSA) is 51.3 Å². The molecule has 1 rings (SSSR count). The van der Waals surface area contributed by atoms with E-state index in [4.69, 9.17) is 12.2 Å². The minimum absolute atomic E-state index is 0.294. The highest BCUT2D eigenvalue weighted by atomic mass is 14.9. The Morgan fingerprint density at radius 2 is 2.50 bits per heavy atom. The summed E-state index contributed by atoms with van der Waals surface area (Å²) < 4.78 is 0. The average Bonchev–Trinajstić information content (AvgIpc) is 2.15. The van der Waals surface area contributed by atoms with E-state index in [-0.39, 0.29) is 0 Å². The van der Waals surface area contributed by atoms with Crippen molar-refractivity contribution in [2.24, 2.45) is 10.7 Å². The van der Waals surface area contributed by atoms with Gasteiger partial charge in [-0.3, -0.25) is 9.98 Å². The highest BCUT2D eigenvalue weighted by molar-refractivity contribution is 5.95. The van der Waals surface area contributed by atoms with Crippen LogP contribution in [0.3, 0.4) is 0 Å². The molecule has 60 valence electrons. The second-order valence-corrected chi connectivity index (χ2v) is 2.12. The number of amidine groups is 1. The summed E-state index contributed by atoms with van der Waals surface area (Å²) in [6, 6.07) is 5.45. The number of aromatic nitrogens is 1. The van der Waals surface area contributed by atoms with Crippen molar-refractivity contribution >= 4 is 5.84 Å². The van der Waals surface area contributed by atoms with E-state index in [0.29, 0.717) is 18.1 Å². The molecule has 0 radical (unpaired) electrons. The molecule has 0 spiro atoms. The third-order valence-electron chi connectivity index (χ3n) is 1.27. The van der Waals surface area contributed by atoms with Crippen molar-refractivity contribution in [2.75, 3.05) is 6.54 Å². The summed E-state index contributed by atoms with van der Waals surface area (Å²) in [7, 11) is 0. The van der Waals surface area contributed by atoms with E-state index in [2.05, 4.69) is 15.9 Å².